The fourth-order valence-electron chi connectivity index (χ4n) is 4.97. The zero-order chi connectivity index (χ0) is 23.7. The number of carbonyl (C=O) groups is 2. The van der Waals surface area contributed by atoms with E-state index in [1.807, 2.05) is 18.2 Å². The van der Waals surface area contributed by atoms with Crippen molar-refractivity contribution in [3.63, 3.8) is 0 Å². The zero-order valence-electron chi connectivity index (χ0n) is 19.3. The van der Waals surface area contributed by atoms with Crippen LogP contribution in [0.1, 0.15) is 44.7 Å². The molecule has 34 heavy (non-hydrogen) atoms. The Labute approximate surface area is 199 Å². The van der Waals surface area contributed by atoms with Crippen LogP contribution in [0.15, 0.2) is 72.8 Å². The van der Waals surface area contributed by atoms with Crippen LogP contribution in [0.5, 0.6) is 0 Å². The molecule has 2 aliphatic rings. The number of hydrogen-bond acceptors (Lipinski definition) is 4. The molecule has 0 N–H and O–H groups in total. The number of amides is 2. The zero-order valence-corrected chi connectivity index (χ0v) is 19.3. The lowest BCUT2D eigenvalue weighted by Crippen LogP contribution is -2.47. The summed E-state index contributed by atoms with van der Waals surface area (Å²) >= 11 is 0. The number of benzene rings is 3. The van der Waals surface area contributed by atoms with E-state index in [1.165, 1.54) is 11.6 Å². The minimum atomic E-state index is -0.417. The van der Waals surface area contributed by atoms with E-state index in [0.29, 0.717) is 22.6 Å². The molecule has 1 atom stereocenters. The van der Waals surface area contributed by atoms with Crippen LogP contribution in [0.3, 0.4) is 0 Å². The molecule has 3 aromatic rings. The van der Waals surface area contributed by atoms with Crippen molar-refractivity contribution < 1.29 is 14.0 Å². The molecule has 6 heteroatoms. The van der Waals surface area contributed by atoms with E-state index in [-0.39, 0.29) is 18.4 Å². The topological polar surface area (TPSA) is 43.9 Å². The van der Waals surface area contributed by atoms with Crippen molar-refractivity contribution in [1.29, 1.82) is 0 Å². The molecule has 0 bridgehead atoms. The Morgan fingerprint density at radius 2 is 1.53 bits per heavy atom. The van der Waals surface area contributed by atoms with Crippen molar-refractivity contribution in [3.05, 3.63) is 101 Å². The van der Waals surface area contributed by atoms with Gasteiger partial charge in [-0.2, -0.15) is 0 Å². The van der Waals surface area contributed by atoms with E-state index in [9.17, 15) is 14.0 Å². The predicted octanol–water partition coefficient (Wildman–Crippen LogP) is 4.55. The van der Waals surface area contributed by atoms with Gasteiger partial charge in [-0.1, -0.05) is 61.5 Å². The van der Waals surface area contributed by atoms with Crippen LogP contribution in [0.2, 0.25) is 0 Å². The normalized spacial score (nSPS) is 17.2. The van der Waals surface area contributed by atoms with E-state index in [0.717, 1.165) is 43.3 Å². The van der Waals surface area contributed by atoms with Gasteiger partial charge >= 0.3 is 0 Å². The van der Waals surface area contributed by atoms with Crippen molar-refractivity contribution in [1.82, 2.24) is 9.80 Å². The molecule has 2 aliphatic heterocycles. The smallest absolute Gasteiger partial charge is 0.263 e. The minimum absolute atomic E-state index is 0.0659. The molecule has 2 amide bonds. The van der Waals surface area contributed by atoms with E-state index in [1.54, 1.807) is 24.3 Å². The van der Waals surface area contributed by atoms with Gasteiger partial charge in [0, 0.05) is 38.3 Å². The van der Waals surface area contributed by atoms with E-state index in [4.69, 9.17) is 0 Å². The molecule has 1 fully saturated rings. The van der Waals surface area contributed by atoms with Gasteiger partial charge in [0.25, 0.3) is 11.8 Å². The summed E-state index contributed by atoms with van der Waals surface area (Å²) in [6.45, 7) is 6.52. The third kappa shape index (κ3) is 4.21. The number of rotatable bonds is 6. The van der Waals surface area contributed by atoms with Gasteiger partial charge in [0.1, 0.15) is 5.82 Å². The summed E-state index contributed by atoms with van der Waals surface area (Å²) in [5.41, 5.74) is 3.31. The average molecular weight is 458 g/mol. The maximum Gasteiger partial charge on any atom is 0.263 e. The lowest BCUT2D eigenvalue weighted by atomic mass is 10.0. The number of fused-ring (bicyclic) bond motifs is 1. The summed E-state index contributed by atoms with van der Waals surface area (Å²) < 4.78 is 14.2. The molecular weight excluding hydrogens is 429 g/mol. The van der Waals surface area contributed by atoms with Crippen LogP contribution in [0.25, 0.3) is 0 Å². The lowest BCUT2D eigenvalue weighted by Gasteiger charge is -2.37. The summed E-state index contributed by atoms with van der Waals surface area (Å²) in [5.74, 6) is -0.681. The molecule has 174 valence electrons. The van der Waals surface area contributed by atoms with Crippen molar-refractivity contribution in [2.75, 3.05) is 37.6 Å². The Hall–Kier alpha value is -3.51. The first-order valence-corrected chi connectivity index (χ1v) is 11.8. The van der Waals surface area contributed by atoms with Gasteiger partial charge < -0.3 is 4.90 Å². The fraction of sp³-hybridized carbons (Fsp3) is 0.286. The molecule has 0 saturated carbocycles. The monoisotopic (exact) mass is 457 g/mol. The standard InChI is InChI=1S/C28H28FN3O2/c1-20(21-8-3-2-4-9-21)18-30-14-16-31(17-15-30)25-13-7-11-23-26(25)28(34)32(27(23)33)19-22-10-5-6-12-24(22)29/h2-13,20H,14-19H2,1H3/t20-/m0/s1. The number of imide groups is 1. The molecule has 1 saturated heterocycles. The average Bonchev–Trinajstić information content (AvgIpc) is 3.11. The molecule has 0 aromatic heterocycles. The number of anilines is 1. The van der Waals surface area contributed by atoms with Crippen molar-refractivity contribution in [3.8, 4) is 0 Å². The van der Waals surface area contributed by atoms with Gasteiger partial charge in [-0.3, -0.25) is 19.4 Å². The number of hydrogen-bond donors (Lipinski definition) is 0. The van der Waals surface area contributed by atoms with Crippen LogP contribution in [-0.4, -0.2) is 54.3 Å². The second kappa shape index (κ2) is 9.39. The van der Waals surface area contributed by atoms with Crippen LogP contribution in [-0.2, 0) is 6.54 Å². The van der Waals surface area contributed by atoms with Gasteiger partial charge in [0.05, 0.1) is 23.4 Å². The third-order valence-electron chi connectivity index (χ3n) is 6.88. The highest BCUT2D eigenvalue weighted by Crippen LogP contribution is 2.33. The molecule has 2 heterocycles. The number of carbonyl (C=O) groups excluding carboxylic acids is 2. The molecule has 0 spiro atoms. The Balaban J connectivity index is 1.29. The first-order valence-electron chi connectivity index (χ1n) is 11.8. The van der Waals surface area contributed by atoms with E-state index < -0.39 is 5.82 Å². The molecule has 0 unspecified atom stereocenters. The molecular formula is C28H28FN3O2. The maximum absolute atomic E-state index is 14.2. The second-order valence-corrected chi connectivity index (χ2v) is 9.09. The predicted molar refractivity (Wildman–Crippen MR) is 131 cm³/mol. The minimum Gasteiger partial charge on any atom is -0.368 e. The molecule has 0 aliphatic carbocycles. The van der Waals surface area contributed by atoms with Gasteiger partial charge in [-0.05, 0) is 29.7 Å². The van der Waals surface area contributed by atoms with Crippen molar-refractivity contribution >= 4 is 17.5 Å². The number of piperazine rings is 1. The van der Waals surface area contributed by atoms with E-state index >= 15 is 0 Å². The summed E-state index contributed by atoms with van der Waals surface area (Å²) in [6.07, 6.45) is 0. The Morgan fingerprint density at radius 3 is 2.26 bits per heavy atom. The number of halogens is 1. The number of nitrogens with zero attached hydrogens (tertiary/aromatic N) is 3. The Morgan fingerprint density at radius 1 is 0.824 bits per heavy atom. The van der Waals surface area contributed by atoms with Gasteiger partial charge in [-0.15, -0.1) is 0 Å². The van der Waals surface area contributed by atoms with Gasteiger partial charge in [0.2, 0.25) is 0 Å². The maximum atomic E-state index is 14.2. The van der Waals surface area contributed by atoms with Crippen LogP contribution in [0, 0.1) is 5.82 Å². The molecule has 3 aromatic carbocycles. The molecule has 5 rings (SSSR count). The molecule has 5 nitrogen and oxygen atoms in total. The van der Waals surface area contributed by atoms with Crippen LogP contribution >= 0.6 is 0 Å². The van der Waals surface area contributed by atoms with Crippen molar-refractivity contribution in [2.24, 2.45) is 0 Å². The third-order valence-corrected chi connectivity index (χ3v) is 6.88. The quantitative estimate of drug-likeness (QED) is 0.510. The SMILES string of the molecule is C[C@@H](CN1CCN(c2cccc3c2C(=O)N(Cc2ccccc2F)C3=O)CC1)c1ccccc1. The first-order chi connectivity index (χ1) is 16.5. The van der Waals surface area contributed by atoms with Crippen LogP contribution < -0.4 is 4.90 Å². The Kier molecular flexibility index (Phi) is 6.16. The fourth-order valence-corrected chi connectivity index (χ4v) is 4.97. The Bertz CT molecular complexity index is 1210. The van der Waals surface area contributed by atoms with Gasteiger partial charge in [0.15, 0.2) is 0 Å². The summed E-state index contributed by atoms with van der Waals surface area (Å²) in [4.78, 5) is 32.1. The highest BCUT2D eigenvalue weighted by molar-refractivity contribution is 6.23. The summed E-state index contributed by atoms with van der Waals surface area (Å²) in [6, 6.07) is 22.2. The first kappa shape index (κ1) is 22.3. The van der Waals surface area contributed by atoms with Gasteiger partial charge in [-0.25, -0.2) is 4.39 Å². The highest BCUT2D eigenvalue weighted by atomic mass is 19.1. The summed E-state index contributed by atoms with van der Waals surface area (Å²) in [7, 11) is 0. The lowest BCUT2D eigenvalue weighted by molar-refractivity contribution is 0.0641. The largest absolute Gasteiger partial charge is 0.368 e. The molecule has 0 radical (unpaired) electrons. The van der Waals surface area contributed by atoms with Crippen molar-refractivity contribution in [2.45, 2.75) is 19.4 Å². The second-order valence-electron chi connectivity index (χ2n) is 9.09. The van der Waals surface area contributed by atoms with E-state index in [2.05, 4.69) is 41.0 Å². The van der Waals surface area contributed by atoms with Crippen LogP contribution in [0.4, 0.5) is 10.1 Å². The summed E-state index contributed by atoms with van der Waals surface area (Å²) in [5, 5.41) is 0. The highest BCUT2D eigenvalue weighted by Gasteiger charge is 2.39.